The molecule has 0 aliphatic heterocycles. The zero-order valence-corrected chi connectivity index (χ0v) is 24.8. The molecule has 7 nitrogen and oxygen atoms in total. The molecule has 3 amide bonds. The van der Waals surface area contributed by atoms with Gasteiger partial charge >= 0.3 is 0 Å². The van der Waals surface area contributed by atoms with E-state index in [1.807, 2.05) is 57.2 Å². The van der Waals surface area contributed by atoms with Crippen molar-refractivity contribution >= 4 is 46.9 Å². The highest BCUT2D eigenvalue weighted by Crippen LogP contribution is 2.27. The van der Waals surface area contributed by atoms with E-state index in [2.05, 4.69) is 16.0 Å². The van der Waals surface area contributed by atoms with Crippen molar-refractivity contribution in [1.82, 2.24) is 5.32 Å². The van der Waals surface area contributed by atoms with Crippen molar-refractivity contribution in [2.45, 2.75) is 30.9 Å². The van der Waals surface area contributed by atoms with Crippen LogP contribution in [0.25, 0.3) is 6.08 Å². The van der Waals surface area contributed by atoms with E-state index >= 15 is 0 Å². The number of hydrogen-bond donors (Lipinski definition) is 3. The van der Waals surface area contributed by atoms with E-state index in [-0.39, 0.29) is 16.9 Å². The van der Waals surface area contributed by atoms with Crippen LogP contribution in [0.2, 0.25) is 0 Å². The van der Waals surface area contributed by atoms with Gasteiger partial charge in [0.15, 0.2) is 0 Å². The summed E-state index contributed by atoms with van der Waals surface area (Å²) in [6.07, 6.45) is 1.59. The van der Waals surface area contributed by atoms with E-state index in [9.17, 15) is 14.4 Å². The molecule has 0 bridgehead atoms. The third-order valence-electron chi connectivity index (χ3n) is 6.35. The summed E-state index contributed by atoms with van der Waals surface area (Å²) in [5.41, 5.74) is 4.62. The molecule has 0 saturated carbocycles. The third kappa shape index (κ3) is 8.34. The highest BCUT2D eigenvalue weighted by Gasteiger charge is 2.18. The van der Waals surface area contributed by atoms with Crippen molar-refractivity contribution in [2.75, 3.05) is 17.7 Å². The number of anilines is 2. The van der Waals surface area contributed by atoms with Gasteiger partial charge in [-0.1, -0.05) is 54.1 Å². The van der Waals surface area contributed by atoms with Crippen molar-refractivity contribution in [2.24, 2.45) is 0 Å². The van der Waals surface area contributed by atoms with Gasteiger partial charge in [0.2, 0.25) is 5.91 Å². The van der Waals surface area contributed by atoms with Gasteiger partial charge in [0.05, 0.1) is 12.4 Å². The van der Waals surface area contributed by atoms with Gasteiger partial charge < -0.3 is 20.7 Å². The summed E-state index contributed by atoms with van der Waals surface area (Å²) in [6, 6.07) is 29.0. The van der Waals surface area contributed by atoms with Gasteiger partial charge in [0, 0.05) is 21.8 Å². The fourth-order valence-corrected chi connectivity index (χ4v) is 5.06. The lowest BCUT2D eigenvalue weighted by Crippen LogP contribution is -2.30. The second-order valence-electron chi connectivity index (χ2n) is 9.70. The van der Waals surface area contributed by atoms with Crippen LogP contribution < -0.4 is 20.7 Å². The Labute approximate surface area is 250 Å². The molecule has 0 saturated heterocycles. The Hall–Kier alpha value is -4.82. The predicted molar refractivity (Wildman–Crippen MR) is 170 cm³/mol. The molecule has 3 N–H and O–H groups in total. The van der Waals surface area contributed by atoms with Gasteiger partial charge in [-0.3, -0.25) is 14.4 Å². The van der Waals surface area contributed by atoms with E-state index in [1.54, 1.807) is 73.8 Å². The van der Waals surface area contributed by atoms with E-state index in [0.29, 0.717) is 22.6 Å². The molecule has 1 unspecified atom stereocenters. The van der Waals surface area contributed by atoms with Gasteiger partial charge in [0.25, 0.3) is 11.8 Å². The second kappa shape index (κ2) is 14.2. The maximum Gasteiger partial charge on any atom is 0.272 e. The van der Waals surface area contributed by atoms with E-state index < -0.39 is 11.8 Å². The third-order valence-corrected chi connectivity index (χ3v) is 7.44. The van der Waals surface area contributed by atoms with Gasteiger partial charge in [-0.15, -0.1) is 11.8 Å². The summed E-state index contributed by atoms with van der Waals surface area (Å²) >= 11 is 1.38. The number of benzene rings is 4. The van der Waals surface area contributed by atoms with Gasteiger partial charge in [-0.25, -0.2) is 0 Å². The van der Waals surface area contributed by atoms with Crippen LogP contribution in [0.4, 0.5) is 11.4 Å². The first-order valence-corrected chi connectivity index (χ1v) is 14.3. The molecule has 0 aliphatic rings. The fraction of sp³-hybridized carbons (Fsp3) is 0.147. The van der Waals surface area contributed by atoms with Crippen LogP contribution in [0.5, 0.6) is 5.75 Å². The van der Waals surface area contributed by atoms with Crippen LogP contribution in [0.15, 0.2) is 108 Å². The number of ether oxygens (including phenoxy) is 1. The standard InChI is InChI=1S/C34H33N3O4S/c1-22-16-17-30(23(2)18-22)36-32(38)24(3)42-29-15-9-13-27(21-29)35-34(40)31(20-25-10-8-14-28(19-25)41-4)37-33(39)26-11-6-5-7-12-26/h5-21,24H,1-4H3,(H,35,40)(H,36,38)(H,37,39)/b31-20-. The first-order valence-electron chi connectivity index (χ1n) is 13.4. The maximum absolute atomic E-state index is 13.4. The summed E-state index contributed by atoms with van der Waals surface area (Å²) in [4.78, 5) is 40.1. The number of amides is 3. The van der Waals surface area contributed by atoms with Gasteiger partial charge in [0.1, 0.15) is 11.4 Å². The monoisotopic (exact) mass is 579 g/mol. The minimum absolute atomic E-state index is 0.0661. The Morgan fingerprint density at radius 2 is 1.60 bits per heavy atom. The molecule has 0 aliphatic carbocycles. The Bertz CT molecular complexity index is 1620. The first kappa shape index (κ1) is 30.1. The van der Waals surface area contributed by atoms with Crippen molar-refractivity contribution in [1.29, 1.82) is 0 Å². The lowest BCUT2D eigenvalue weighted by atomic mass is 10.1. The van der Waals surface area contributed by atoms with E-state index in [0.717, 1.165) is 21.7 Å². The van der Waals surface area contributed by atoms with Crippen LogP contribution in [-0.2, 0) is 9.59 Å². The molecule has 1 atom stereocenters. The van der Waals surface area contributed by atoms with E-state index in [1.165, 1.54) is 11.8 Å². The molecule has 42 heavy (non-hydrogen) atoms. The summed E-state index contributed by atoms with van der Waals surface area (Å²) in [5, 5.41) is 8.23. The molecule has 0 fully saturated rings. The molecule has 4 aromatic rings. The van der Waals surface area contributed by atoms with Crippen molar-refractivity contribution in [3.8, 4) is 5.75 Å². The Kier molecular flexibility index (Phi) is 10.2. The first-order chi connectivity index (χ1) is 20.2. The number of carbonyl (C=O) groups excluding carboxylic acids is 3. The summed E-state index contributed by atoms with van der Waals surface area (Å²) in [7, 11) is 1.56. The Balaban J connectivity index is 1.49. The van der Waals surface area contributed by atoms with Crippen molar-refractivity contribution < 1.29 is 19.1 Å². The second-order valence-corrected chi connectivity index (χ2v) is 11.1. The van der Waals surface area contributed by atoms with Crippen LogP contribution in [-0.4, -0.2) is 30.1 Å². The highest BCUT2D eigenvalue weighted by molar-refractivity contribution is 8.00. The molecule has 0 heterocycles. The quantitative estimate of drug-likeness (QED) is 0.141. The molecule has 0 aromatic heterocycles. The smallest absolute Gasteiger partial charge is 0.272 e. The number of methoxy groups -OCH3 is 1. The van der Waals surface area contributed by atoms with E-state index in [4.69, 9.17) is 4.74 Å². The SMILES string of the molecule is COc1cccc(/C=C(\NC(=O)c2ccccc2)C(=O)Nc2cccc(SC(C)C(=O)Nc3ccc(C)cc3C)c2)c1. The topological polar surface area (TPSA) is 96.5 Å². The summed E-state index contributed by atoms with van der Waals surface area (Å²) in [6.45, 7) is 5.81. The van der Waals surface area contributed by atoms with Crippen LogP contribution in [0, 0.1) is 13.8 Å². The molecular weight excluding hydrogens is 546 g/mol. The number of nitrogens with one attached hydrogen (secondary N) is 3. The number of thioether (sulfide) groups is 1. The van der Waals surface area contributed by atoms with Crippen LogP contribution in [0.1, 0.15) is 34.0 Å². The fourth-order valence-electron chi connectivity index (χ4n) is 4.13. The van der Waals surface area contributed by atoms with Crippen molar-refractivity contribution in [3.63, 3.8) is 0 Å². The lowest BCUT2D eigenvalue weighted by Gasteiger charge is -2.15. The Morgan fingerprint density at radius 3 is 2.33 bits per heavy atom. The molecule has 4 rings (SSSR count). The highest BCUT2D eigenvalue weighted by atomic mass is 32.2. The minimum atomic E-state index is -0.495. The largest absolute Gasteiger partial charge is 0.497 e. The zero-order valence-electron chi connectivity index (χ0n) is 23.9. The predicted octanol–water partition coefficient (Wildman–Crippen LogP) is 6.84. The zero-order chi connectivity index (χ0) is 30.1. The van der Waals surface area contributed by atoms with Gasteiger partial charge in [-0.2, -0.15) is 0 Å². The molecule has 4 aromatic carbocycles. The minimum Gasteiger partial charge on any atom is -0.497 e. The molecule has 214 valence electrons. The maximum atomic E-state index is 13.4. The molecule has 0 spiro atoms. The summed E-state index contributed by atoms with van der Waals surface area (Å²) < 4.78 is 5.30. The number of hydrogen-bond acceptors (Lipinski definition) is 5. The molecule has 0 radical (unpaired) electrons. The summed E-state index contributed by atoms with van der Waals surface area (Å²) in [5.74, 6) is -0.399. The van der Waals surface area contributed by atoms with Crippen LogP contribution >= 0.6 is 11.8 Å². The van der Waals surface area contributed by atoms with Gasteiger partial charge in [-0.05, 0) is 86.5 Å². The average molecular weight is 580 g/mol. The molecule has 8 heteroatoms. The van der Waals surface area contributed by atoms with Crippen LogP contribution in [0.3, 0.4) is 0 Å². The number of aryl methyl sites for hydroxylation is 2. The average Bonchev–Trinajstić information content (AvgIpc) is 2.98. The van der Waals surface area contributed by atoms with Crippen molar-refractivity contribution in [3.05, 3.63) is 125 Å². The normalized spacial score (nSPS) is 11.8. The number of rotatable bonds is 10. The number of carbonyl (C=O) groups is 3. The lowest BCUT2D eigenvalue weighted by molar-refractivity contribution is -0.115. The molecular formula is C34H33N3O4S. The Morgan fingerprint density at radius 1 is 0.833 bits per heavy atom.